The van der Waals surface area contributed by atoms with Crippen LogP contribution in [-0.2, 0) is 9.53 Å². The maximum atomic E-state index is 13.9. The van der Waals surface area contributed by atoms with Crippen molar-refractivity contribution in [2.24, 2.45) is 0 Å². The summed E-state index contributed by atoms with van der Waals surface area (Å²) in [6, 6.07) is 4.75. The molecule has 0 spiro atoms. The molecule has 0 aliphatic rings. The molecule has 0 radical (unpaired) electrons. The van der Waals surface area contributed by atoms with E-state index in [4.69, 9.17) is 21.1 Å². The van der Waals surface area contributed by atoms with Gasteiger partial charge in [0.15, 0.2) is 16.7 Å². The van der Waals surface area contributed by atoms with Gasteiger partial charge in [0.05, 0.1) is 19.8 Å². The number of aromatic nitrogens is 2. The number of para-hydroxylation sites is 1. The Kier molecular flexibility index (Phi) is 5.13. The molecule has 0 bridgehead atoms. The van der Waals surface area contributed by atoms with E-state index in [0.717, 1.165) is 6.33 Å². The van der Waals surface area contributed by atoms with Crippen molar-refractivity contribution in [1.29, 1.82) is 0 Å². The Bertz CT molecular complexity index is 767. The molecule has 0 aliphatic heterocycles. The standard InChI is InChI=1S/C15H12ClFN2O4/c1-8(15(20)22-3)9-5-4-6-10(21-2)12(9)23-14-11(17)13(16)18-7-19-14/h4-7H,1H2,2-3H3. The van der Waals surface area contributed by atoms with Gasteiger partial charge in [0, 0.05) is 5.56 Å². The number of ether oxygens (including phenoxy) is 3. The van der Waals surface area contributed by atoms with Gasteiger partial charge in [-0.25, -0.2) is 9.78 Å². The molecule has 0 aliphatic carbocycles. The predicted molar refractivity (Wildman–Crippen MR) is 81.1 cm³/mol. The van der Waals surface area contributed by atoms with Gasteiger partial charge >= 0.3 is 5.97 Å². The number of rotatable bonds is 5. The number of benzene rings is 1. The number of esters is 1. The van der Waals surface area contributed by atoms with Crippen molar-refractivity contribution in [2.75, 3.05) is 14.2 Å². The number of carbonyl (C=O) groups is 1. The third-order valence-electron chi connectivity index (χ3n) is 2.87. The fraction of sp³-hybridized carbons (Fsp3) is 0.133. The minimum atomic E-state index is -0.935. The molecule has 6 nitrogen and oxygen atoms in total. The Morgan fingerprint density at radius 3 is 2.70 bits per heavy atom. The van der Waals surface area contributed by atoms with Crippen molar-refractivity contribution < 1.29 is 23.4 Å². The minimum absolute atomic E-state index is 0.0157. The summed E-state index contributed by atoms with van der Waals surface area (Å²) in [5.74, 6) is -1.70. The number of carbonyl (C=O) groups excluding carboxylic acids is 1. The van der Waals surface area contributed by atoms with Crippen molar-refractivity contribution in [3.63, 3.8) is 0 Å². The molecular formula is C15H12ClFN2O4. The van der Waals surface area contributed by atoms with Crippen LogP contribution in [-0.4, -0.2) is 30.2 Å². The first-order valence-corrected chi connectivity index (χ1v) is 6.65. The molecule has 0 N–H and O–H groups in total. The topological polar surface area (TPSA) is 70.5 Å². The number of hydrogen-bond acceptors (Lipinski definition) is 6. The van der Waals surface area contributed by atoms with Crippen molar-refractivity contribution in [2.45, 2.75) is 0 Å². The van der Waals surface area contributed by atoms with E-state index >= 15 is 0 Å². The molecule has 1 heterocycles. The molecule has 23 heavy (non-hydrogen) atoms. The first-order chi connectivity index (χ1) is 11.0. The SMILES string of the molecule is C=C(C(=O)OC)c1cccc(OC)c1Oc1ncnc(Cl)c1F. The van der Waals surface area contributed by atoms with Crippen LogP contribution in [0, 0.1) is 5.82 Å². The highest BCUT2D eigenvalue weighted by atomic mass is 35.5. The van der Waals surface area contributed by atoms with Gasteiger partial charge in [0.25, 0.3) is 5.88 Å². The molecule has 8 heteroatoms. The lowest BCUT2D eigenvalue weighted by atomic mass is 10.1. The zero-order valence-electron chi connectivity index (χ0n) is 12.3. The van der Waals surface area contributed by atoms with Crippen LogP contribution in [0.1, 0.15) is 5.56 Å². The van der Waals surface area contributed by atoms with Gasteiger partial charge in [0.2, 0.25) is 5.82 Å². The Morgan fingerprint density at radius 2 is 2.04 bits per heavy atom. The van der Waals surface area contributed by atoms with Gasteiger partial charge < -0.3 is 14.2 Å². The second-order valence-electron chi connectivity index (χ2n) is 4.19. The van der Waals surface area contributed by atoms with Gasteiger partial charge in [-0.15, -0.1) is 0 Å². The molecule has 0 saturated carbocycles. The first kappa shape index (κ1) is 16.7. The van der Waals surface area contributed by atoms with E-state index in [2.05, 4.69) is 21.3 Å². The Morgan fingerprint density at radius 1 is 1.30 bits per heavy atom. The van der Waals surface area contributed by atoms with E-state index in [9.17, 15) is 9.18 Å². The monoisotopic (exact) mass is 338 g/mol. The molecule has 0 atom stereocenters. The maximum Gasteiger partial charge on any atom is 0.337 e. The molecule has 120 valence electrons. The van der Waals surface area contributed by atoms with E-state index in [1.54, 1.807) is 18.2 Å². The van der Waals surface area contributed by atoms with E-state index < -0.39 is 22.8 Å². The minimum Gasteiger partial charge on any atom is -0.493 e. The van der Waals surface area contributed by atoms with Crippen molar-refractivity contribution in [3.05, 3.63) is 47.6 Å². The highest BCUT2D eigenvalue weighted by molar-refractivity contribution is 6.29. The number of hydrogen-bond donors (Lipinski definition) is 0. The van der Waals surface area contributed by atoms with Gasteiger partial charge in [-0.2, -0.15) is 9.37 Å². The van der Waals surface area contributed by atoms with E-state index in [1.807, 2.05) is 0 Å². The number of methoxy groups -OCH3 is 2. The van der Waals surface area contributed by atoms with Crippen LogP contribution in [0.25, 0.3) is 5.57 Å². The van der Waals surface area contributed by atoms with Gasteiger partial charge in [-0.05, 0) is 6.07 Å². The summed E-state index contributed by atoms with van der Waals surface area (Å²) in [7, 11) is 2.62. The molecule has 2 aromatic rings. The van der Waals surface area contributed by atoms with Crippen LogP contribution < -0.4 is 9.47 Å². The highest BCUT2D eigenvalue weighted by Gasteiger charge is 2.21. The van der Waals surface area contributed by atoms with Crippen LogP contribution >= 0.6 is 11.6 Å². The van der Waals surface area contributed by atoms with Gasteiger partial charge in [-0.3, -0.25) is 0 Å². The summed E-state index contributed by atoms with van der Waals surface area (Å²) in [6.07, 6.45) is 1.05. The lowest BCUT2D eigenvalue weighted by Gasteiger charge is -2.15. The zero-order valence-corrected chi connectivity index (χ0v) is 13.1. The lowest BCUT2D eigenvalue weighted by molar-refractivity contribution is -0.133. The van der Waals surface area contributed by atoms with Crippen LogP contribution in [0.2, 0.25) is 5.15 Å². The van der Waals surface area contributed by atoms with Gasteiger partial charge in [0.1, 0.15) is 6.33 Å². The summed E-state index contributed by atoms with van der Waals surface area (Å²) < 4.78 is 29.2. The summed E-state index contributed by atoms with van der Waals surface area (Å²) in [4.78, 5) is 18.9. The number of nitrogens with zero attached hydrogens (tertiary/aromatic N) is 2. The smallest absolute Gasteiger partial charge is 0.337 e. The second-order valence-corrected chi connectivity index (χ2v) is 4.55. The third-order valence-corrected chi connectivity index (χ3v) is 3.13. The molecular weight excluding hydrogens is 327 g/mol. The summed E-state index contributed by atoms with van der Waals surface area (Å²) >= 11 is 5.60. The molecule has 1 aromatic carbocycles. The van der Waals surface area contributed by atoms with Crippen molar-refractivity contribution >= 4 is 23.1 Å². The molecule has 0 unspecified atom stereocenters. The van der Waals surface area contributed by atoms with Crippen LogP contribution in [0.4, 0.5) is 4.39 Å². The largest absolute Gasteiger partial charge is 0.493 e. The molecule has 0 saturated heterocycles. The summed E-state index contributed by atoms with van der Waals surface area (Å²) in [6.45, 7) is 3.65. The maximum absolute atomic E-state index is 13.9. The molecule has 0 amide bonds. The third kappa shape index (κ3) is 3.40. The number of halogens is 2. The van der Waals surface area contributed by atoms with E-state index in [0.29, 0.717) is 0 Å². The fourth-order valence-corrected chi connectivity index (χ4v) is 1.88. The zero-order chi connectivity index (χ0) is 17.0. The van der Waals surface area contributed by atoms with Gasteiger partial charge in [-0.1, -0.05) is 30.3 Å². The fourth-order valence-electron chi connectivity index (χ4n) is 1.75. The molecule has 1 aromatic heterocycles. The van der Waals surface area contributed by atoms with Crippen LogP contribution in [0.5, 0.6) is 17.4 Å². The van der Waals surface area contributed by atoms with Crippen LogP contribution in [0.15, 0.2) is 31.1 Å². The first-order valence-electron chi connectivity index (χ1n) is 6.28. The lowest BCUT2D eigenvalue weighted by Crippen LogP contribution is -2.05. The molecule has 0 fully saturated rings. The van der Waals surface area contributed by atoms with E-state index in [-0.39, 0.29) is 22.6 Å². The van der Waals surface area contributed by atoms with Crippen molar-refractivity contribution in [3.8, 4) is 17.4 Å². The molecule has 2 rings (SSSR count). The normalized spacial score (nSPS) is 10.1. The predicted octanol–water partition coefficient (Wildman–Crippen LogP) is 3.26. The Labute approximate surface area is 136 Å². The van der Waals surface area contributed by atoms with E-state index in [1.165, 1.54) is 14.2 Å². The average molecular weight is 339 g/mol. The van der Waals surface area contributed by atoms with Crippen LogP contribution in [0.3, 0.4) is 0 Å². The Balaban J connectivity index is 2.53. The van der Waals surface area contributed by atoms with Crippen molar-refractivity contribution in [1.82, 2.24) is 9.97 Å². The summed E-state index contributed by atoms with van der Waals surface area (Å²) in [5, 5.41) is -0.391. The highest BCUT2D eigenvalue weighted by Crippen LogP contribution is 2.38. The Hall–Kier alpha value is -2.67. The average Bonchev–Trinajstić information content (AvgIpc) is 2.57. The summed E-state index contributed by atoms with van der Waals surface area (Å²) in [5.41, 5.74) is 0.285. The second kappa shape index (κ2) is 7.06. The quantitative estimate of drug-likeness (QED) is 0.473.